The highest BCUT2D eigenvalue weighted by molar-refractivity contribution is 8.15. The maximum Gasteiger partial charge on any atom is 0.197 e. The van der Waals surface area contributed by atoms with Crippen molar-refractivity contribution in [3.63, 3.8) is 0 Å². The largest absolute Gasteiger partial charge is 0.493 e. The fourth-order valence-electron chi connectivity index (χ4n) is 2.43. The van der Waals surface area contributed by atoms with Crippen LogP contribution in [0.5, 0.6) is 5.75 Å². The van der Waals surface area contributed by atoms with Crippen molar-refractivity contribution >= 4 is 22.7 Å². The molecule has 4 nitrogen and oxygen atoms in total. The lowest BCUT2D eigenvalue weighted by Crippen LogP contribution is -2.13. The molecule has 1 unspecified atom stereocenters. The van der Waals surface area contributed by atoms with E-state index in [4.69, 9.17) is 4.74 Å². The molecule has 1 aromatic heterocycles. The molecule has 0 radical (unpaired) electrons. The molecule has 0 aliphatic carbocycles. The summed E-state index contributed by atoms with van der Waals surface area (Å²) in [5, 5.41) is -0.243. The van der Waals surface area contributed by atoms with Gasteiger partial charge in [0.1, 0.15) is 5.75 Å². The highest BCUT2D eigenvalue weighted by Gasteiger charge is 2.31. The lowest BCUT2D eigenvalue weighted by atomic mass is 10.1. The zero-order valence-corrected chi connectivity index (χ0v) is 13.4. The maximum absolute atomic E-state index is 11.7. The van der Waals surface area contributed by atoms with Gasteiger partial charge in [-0.15, -0.1) is 0 Å². The van der Waals surface area contributed by atoms with Gasteiger partial charge in [-0.1, -0.05) is 30.0 Å². The Kier molecular flexibility index (Phi) is 5.08. The number of thioether (sulfide) groups is 1. The third-order valence-corrected chi connectivity index (χ3v) is 4.77. The molecule has 1 fully saturated rings. The first-order chi connectivity index (χ1) is 11.2. The van der Waals surface area contributed by atoms with Gasteiger partial charge in [0.15, 0.2) is 10.9 Å². The summed E-state index contributed by atoms with van der Waals surface area (Å²) in [5.74, 6) is 0.835. The minimum absolute atomic E-state index is 0.0190. The molecule has 23 heavy (non-hydrogen) atoms. The Labute approximate surface area is 139 Å². The molecule has 0 bridgehead atoms. The van der Waals surface area contributed by atoms with Crippen LogP contribution in [0.4, 0.5) is 0 Å². The van der Waals surface area contributed by atoms with Crippen LogP contribution in [0.3, 0.4) is 0 Å². The fourth-order valence-corrected chi connectivity index (χ4v) is 3.47. The van der Waals surface area contributed by atoms with E-state index in [1.165, 1.54) is 0 Å². The van der Waals surface area contributed by atoms with Gasteiger partial charge < -0.3 is 4.74 Å². The van der Waals surface area contributed by atoms with Crippen molar-refractivity contribution in [1.82, 2.24) is 4.98 Å². The predicted octanol–water partition coefficient (Wildman–Crippen LogP) is 2.85. The zero-order valence-electron chi connectivity index (χ0n) is 12.6. The third kappa shape index (κ3) is 4.42. The second kappa shape index (κ2) is 7.42. The number of Topliss-reactive ketones (excluding diaryl/α,β-unsaturated/α-hetero) is 1. The lowest BCUT2D eigenvalue weighted by molar-refractivity contribution is -0.121. The first-order valence-electron chi connectivity index (χ1n) is 7.54. The van der Waals surface area contributed by atoms with Gasteiger partial charge in [-0.3, -0.25) is 14.6 Å². The monoisotopic (exact) mass is 327 g/mol. The van der Waals surface area contributed by atoms with Gasteiger partial charge >= 0.3 is 0 Å². The van der Waals surface area contributed by atoms with Crippen LogP contribution in [0.15, 0.2) is 48.7 Å². The van der Waals surface area contributed by atoms with Crippen LogP contribution in [0, 0.1) is 0 Å². The number of carbonyl (C=O) groups is 2. The number of nitrogens with zero attached hydrogens (tertiary/aromatic N) is 1. The van der Waals surface area contributed by atoms with Crippen LogP contribution in [0.1, 0.15) is 17.7 Å². The van der Waals surface area contributed by atoms with Gasteiger partial charge in [-0.05, 0) is 36.2 Å². The Morgan fingerprint density at radius 3 is 2.61 bits per heavy atom. The highest BCUT2D eigenvalue weighted by Crippen LogP contribution is 2.28. The van der Waals surface area contributed by atoms with E-state index >= 15 is 0 Å². The number of ether oxygens (including phenoxy) is 1. The van der Waals surface area contributed by atoms with E-state index in [-0.39, 0.29) is 22.6 Å². The number of rotatable bonds is 6. The summed E-state index contributed by atoms with van der Waals surface area (Å²) in [6, 6.07) is 13.5. The number of hydrogen-bond donors (Lipinski definition) is 0. The SMILES string of the molecule is O=C1CC(=O)C(Cc2ccc(OCCc3ccccn3)cc2)S1. The summed E-state index contributed by atoms with van der Waals surface area (Å²) in [7, 11) is 0. The molecule has 2 aromatic rings. The van der Waals surface area contributed by atoms with Crippen molar-refractivity contribution in [2.75, 3.05) is 6.61 Å². The zero-order chi connectivity index (χ0) is 16.1. The molecule has 3 rings (SSSR count). The van der Waals surface area contributed by atoms with E-state index in [1.54, 1.807) is 6.20 Å². The van der Waals surface area contributed by atoms with Crippen molar-refractivity contribution in [2.24, 2.45) is 0 Å². The molecule has 1 atom stereocenters. The molecule has 0 amide bonds. The van der Waals surface area contributed by atoms with Crippen LogP contribution in [-0.2, 0) is 22.4 Å². The molecule has 0 N–H and O–H groups in total. The molecule has 0 saturated carbocycles. The van der Waals surface area contributed by atoms with Crippen molar-refractivity contribution in [3.8, 4) is 5.75 Å². The number of ketones is 1. The Bertz CT molecular complexity index is 685. The summed E-state index contributed by atoms with van der Waals surface area (Å²) in [6.45, 7) is 0.571. The molecule has 1 aliphatic rings. The number of benzene rings is 1. The second-order valence-electron chi connectivity index (χ2n) is 5.39. The summed E-state index contributed by atoms with van der Waals surface area (Å²) in [6.07, 6.45) is 3.21. The molecule has 5 heteroatoms. The van der Waals surface area contributed by atoms with Crippen LogP contribution >= 0.6 is 11.8 Å². The highest BCUT2D eigenvalue weighted by atomic mass is 32.2. The summed E-state index contributed by atoms with van der Waals surface area (Å²) >= 11 is 1.16. The second-order valence-corrected chi connectivity index (χ2v) is 6.65. The lowest BCUT2D eigenvalue weighted by Gasteiger charge is -2.09. The summed E-state index contributed by atoms with van der Waals surface area (Å²) in [4.78, 5) is 27.2. The van der Waals surface area contributed by atoms with E-state index in [9.17, 15) is 9.59 Å². The smallest absolute Gasteiger partial charge is 0.197 e. The fraction of sp³-hybridized carbons (Fsp3) is 0.278. The molecule has 1 saturated heterocycles. The van der Waals surface area contributed by atoms with Gasteiger partial charge in [0.05, 0.1) is 18.3 Å². The minimum Gasteiger partial charge on any atom is -0.493 e. The van der Waals surface area contributed by atoms with Crippen molar-refractivity contribution in [2.45, 2.75) is 24.5 Å². The van der Waals surface area contributed by atoms with Gasteiger partial charge in [-0.2, -0.15) is 0 Å². The number of hydrogen-bond acceptors (Lipinski definition) is 5. The number of carbonyl (C=O) groups excluding carboxylic acids is 2. The first kappa shape index (κ1) is 15.7. The maximum atomic E-state index is 11.7. The van der Waals surface area contributed by atoms with Crippen LogP contribution in [0.2, 0.25) is 0 Å². The Balaban J connectivity index is 1.49. The topological polar surface area (TPSA) is 56.3 Å². The van der Waals surface area contributed by atoms with Gasteiger partial charge in [0, 0.05) is 18.3 Å². The summed E-state index contributed by atoms with van der Waals surface area (Å²) in [5.41, 5.74) is 2.05. The van der Waals surface area contributed by atoms with Crippen molar-refractivity contribution in [1.29, 1.82) is 0 Å². The van der Waals surface area contributed by atoms with E-state index in [2.05, 4.69) is 4.98 Å². The van der Waals surface area contributed by atoms with Crippen LogP contribution < -0.4 is 4.74 Å². The number of aromatic nitrogens is 1. The molecule has 1 aliphatic heterocycles. The normalized spacial score (nSPS) is 17.5. The minimum atomic E-state index is -0.224. The molecule has 0 spiro atoms. The first-order valence-corrected chi connectivity index (χ1v) is 8.42. The molecule has 118 valence electrons. The van der Waals surface area contributed by atoms with Gasteiger partial charge in [-0.25, -0.2) is 0 Å². The van der Waals surface area contributed by atoms with Gasteiger partial charge in [0.25, 0.3) is 0 Å². The van der Waals surface area contributed by atoms with Crippen LogP contribution in [0.25, 0.3) is 0 Å². The molecular weight excluding hydrogens is 310 g/mol. The predicted molar refractivity (Wildman–Crippen MR) is 89.6 cm³/mol. The van der Waals surface area contributed by atoms with Gasteiger partial charge in [0.2, 0.25) is 0 Å². The third-order valence-electron chi connectivity index (χ3n) is 3.65. The van der Waals surface area contributed by atoms with E-state index in [1.807, 2.05) is 42.5 Å². The Morgan fingerprint density at radius 1 is 1.13 bits per heavy atom. The quantitative estimate of drug-likeness (QED) is 0.764. The summed E-state index contributed by atoms with van der Waals surface area (Å²) < 4.78 is 5.71. The van der Waals surface area contributed by atoms with E-state index in [0.717, 1.165) is 35.2 Å². The standard InChI is InChI=1S/C18H17NO3S/c20-16-12-18(21)23-17(16)11-13-4-6-15(7-5-13)22-10-8-14-3-1-2-9-19-14/h1-7,9,17H,8,10-12H2. The Morgan fingerprint density at radius 2 is 1.96 bits per heavy atom. The molecule has 1 aromatic carbocycles. The molecule has 2 heterocycles. The average molecular weight is 327 g/mol. The number of pyridine rings is 1. The Hall–Kier alpha value is -2.14. The van der Waals surface area contributed by atoms with Crippen LogP contribution in [-0.4, -0.2) is 27.7 Å². The van der Waals surface area contributed by atoms with E-state index in [0.29, 0.717) is 13.0 Å². The van der Waals surface area contributed by atoms with E-state index < -0.39 is 0 Å². The van der Waals surface area contributed by atoms with Crippen molar-refractivity contribution in [3.05, 3.63) is 59.9 Å². The average Bonchev–Trinajstić information content (AvgIpc) is 2.88. The molecular formula is C18H17NO3S. The van der Waals surface area contributed by atoms with Crippen molar-refractivity contribution < 1.29 is 14.3 Å².